The van der Waals surface area contributed by atoms with Crippen molar-refractivity contribution in [3.8, 4) is 0 Å². The number of para-hydroxylation sites is 1. The number of anilines is 1. The van der Waals surface area contributed by atoms with E-state index < -0.39 is 5.82 Å². The van der Waals surface area contributed by atoms with Crippen molar-refractivity contribution in [3.63, 3.8) is 0 Å². The molecule has 2 amide bonds. The number of halogens is 1. The minimum atomic E-state index is -0.431. The van der Waals surface area contributed by atoms with Crippen molar-refractivity contribution in [1.29, 1.82) is 0 Å². The predicted octanol–water partition coefficient (Wildman–Crippen LogP) is 1.61. The molecule has 1 heterocycles. The number of amides is 2. The molecule has 5 nitrogen and oxygen atoms in total. The van der Waals surface area contributed by atoms with Crippen molar-refractivity contribution in [2.75, 3.05) is 25.5 Å². The lowest BCUT2D eigenvalue weighted by Crippen LogP contribution is -2.38. The predicted molar refractivity (Wildman–Crippen MR) is 85.3 cm³/mol. The lowest BCUT2D eigenvalue weighted by atomic mass is 9.89. The lowest BCUT2D eigenvalue weighted by molar-refractivity contribution is -0.124. The van der Waals surface area contributed by atoms with Crippen LogP contribution in [0.1, 0.15) is 19.3 Å². The lowest BCUT2D eigenvalue weighted by Gasteiger charge is -2.24. The van der Waals surface area contributed by atoms with Gasteiger partial charge in [-0.2, -0.15) is 0 Å². The van der Waals surface area contributed by atoms with Gasteiger partial charge in [-0.25, -0.2) is 4.39 Å². The van der Waals surface area contributed by atoms with Gasteiger partial charge in [0.15, 0.2) is 0 Å². The molecule has 2 aliphatic rings. The van der Waals surface area contributed by atoms with E-state index in [2.05, 4.69) is 10.6 Å². The SMILES string of the molecule is CN(CC(=O)Nc1ccccc1F)[C@H]1C[C@H]2CC(=O)NC[C@H]2C1. The molecule has 1 aromatic carbocycles. The first-order chi connectivity index (χ1) is 11.0. The molecule has 3 atom stereocenters. The van der Waals surface area contributed by atoms with Crippen molar-refractivity contribution in [3.05, 3.63) is 30.1 Å². The van der Waals surface area contributed by atoms with E-state index >= 15 is 0 Å². The number of nitrogens with one attached hydrogen (secondary N) is 2. The molecule has 0 bridgehead atoms. The third kappa shape index (κ3) is 3.69. The van der Waals surface area contributed by atoms with Crippen LogP contribution in [0.3, 0.4) is 0 Å². The zero-order valence-electron chi connectivity index (χ0n) is 13.2. The summed E-state index contributed by atoms with van der Waals surface area (Å²) in [4.78, 5) is 25.6. The maximum atomic E-state index is 13.6. The number of hydrogen-bond acceptors (Lipinski definition) is 3. The highest BCUT2D eigenvalue weighted by Gasteiger charge is 2.39. The minimum Gasteiger partial charge on any atom is -0.356 e. The molecule has 1 saturated carbocycles. The number of carbonyl (C=O) groups is 2. The second kappa shape index (κ2) is 6.66. The maximum absolute atomic E-state index is 13.6. The molecule has 3 rings (SSSR count). The average Bonchev–Trinajstić information content (AvgIpc) is 2.92. The summed E-state index contributed by atoms with van der Waals surface area (Å²) in [5.41, 5.74) is 0.209. The Hall–Kier alpha value is -1.95. The number of rotatable bonds is 4. The molecular formula is C17H22FN3O2. The maximum Gasteiger partial charge on any atom is 0.238 e. The van der Waals surface area contributed by atoms with Crippen molar-refractivity contribution < 1.29 is 14.0 Å². The molecule has 0 spiro atoms. The van der Waals surface area contributed by atoms with Gasteiger partial charge in [-0.05, 0) is 43.9 Å². The molecule has 0 unspecified atom stereocenters. The standard InChI is InChI=1S/C17H22FN3O2/c1-21(10-17(23)20-15-5-3-2-4-14(15)18)13-6-11-8-16(22)19-9-12(11)7-13/h2-5,11-13H,6-10H2,1H3,(H,19,22)(H,20,23)/t11-,12+,13-/m0/s1. The monoisotopic (exact) mass is 319 g/mol. The topological polar surface area (TPSA) is 61.4 Å². The Morgan fingerprint density at radius 3 is 2.87 bits per heavy atom. The quantitative estimate of drug-likeness (QED) is 0.886. The Bertz CT molecular complexity index is 607. The van der Waals surface area contributed by atoms with Crippen molar-refractivity contribution in [2.24, 2.45) is 11.8 Å². The number of carbonyl (C=O) groups excluding carboxylic acids is 2. The molecule has 1 aliphatic carbocycles. The highest BCUT2D eigenvalue weighted by molar-refractivity contribution is 5.92. The normalized spacial score (nSPS) is 26.7. The van der Waals surface area contributed by atoms with Crippen LogP contribution in [0.4, 0.5) is 10.1 Å². The van der Waals surface area contributed by atoms with Crippen LogP contribution in [0.15, 0.2) is 24.3 Å². The first kappa shape index (κ1) is 15.9. The van der Waals surface area contributed by atoms with Gasteiger partial charge in [-0.15, -0.1) is 0 Å². The molecule has 1 aromatic rings. The van der Waals surface area contributed by atoms with Gasteiger partial charge in [0.1, 0.15) is 5.82 Å². The fourth-order valence-corrected chi connectivity index (χ4v) is 3.70. The number of fused-ring (bicyclic) bond motifs is 1. The summed E-state index contributed by atoms with van der Waals surface area (Å²) in [5.74, 6) is 0.411. The molecular weight excluding hydrogens is 297 g/mol. The molecule has 124 valence electrons. The Balaban J connectivity index is 1.53. The smallest absolute Gasteiger partial charge is 0.238 e. The fraction of sp³-hybridized carbons (Fsp3) is 0.529. The van der Waals surface area contributed by atoms with E-state index in [4.69, 9.17) is 0 Å². The van der Waals surface area contributed by atoms with Gasteiger partial charge >= 0.3 is 0 Å². The third-order valence-corrected chi connectivity index (χ3v) is 4.99. The summed E-state index contributed by atoms with van der Waals surface area (Å²) in [5, 5.41) is 5.53. The van der Waals surface area contributed by atoms with E-state index in [0.29, 0.717) is 24.3 Å². The first-order valence-electron chi connectivity index (χ1n) is 8.04. The summed E-state index contributed by atoms with van der Waals surface area (Å²) in [6, 6.07) is 6.45. The van der Waals surface area contributed by atoms with E-state index in [1.54, 1.807) is 18.2 Å². The van der Waals surface area contributed by atoms with E-state index in [0.717, 1.165) is 19.4 Å². The van der Waals surface area contributed by atoms with Gasteiger partial charge in [0.05, 0.1) is 12.2 Å². The minimum absolute atomic E-state index is 0.131. The van der Waals surface area contributed by atoms with Crippen LogP contribution >= 0.6 is 0 Å². The van der Waals surface area contributed by atoms with Crippen molar-refractivity contribution in [1.82, 2.24) is 10.2 Å². The summed E-state index contributed by atoms with van der Waals surface area (Å²) in [6.45, 7) is 0.967. The number of benzene rings is 1. The summed E-state index contributed by atoms with van der Waals surface area (Å²) in [6.07, 6.45) is 2.53. The van der Waals surface area contributed by atoms with E-state index in [1.807, 2.05) is 11.9 Å². The van der Waals surface area contributed by atoms with Crippen molar-refractivity contribution >= 4 is 17.5 Å². The Morgan fingerprint density at radius 1 is 1.35 bits per heavy atom. The molecule has 0 aromatic heterocycles. The van der Waals surface area contributed by atoms with Crippen LogP contribution in [0.2, 0.25) is 0 Å². The molecule has 0 radical (unpaired) electrons. The van der Waals surface area contributed by atoms with Crippen LogP contribution in [-0.2, 0) is 9.59 Å². The number of likely N-dealkylation sites (N-methyl/N-ethyl adjacent to an activating group) is 1. The van der Waals surface area contributed by atoms with E-state index in [1.165, 1.54) is 6.07 Å². The van der Waals surface area contributed by atoms with Gasteiger partial charge in [0.25, 0.3) is 0 Å². The van der Waals surface area contributed by atoms with Crippen LogP contribution in [0.5, 0.6) is 0 Å². The zero-order valence-corrected chi connectivity index (χ0v) is 13.2. The van der Waals surface area contributed by atoms with Gasteiger partial charge in [0.2, 0.25) is 11.8 Å². The Morgan fingerprint density at radius 2 is 2.09 bits per heavy atom. The van der Waals surface area contributed by atoms with Gasteiger partial charge < -0.3 is 10.6 Å². The zero-order chi connectivity index (χ0) is 16.4. The first-order valence-corrected chi connectivity index (χ1v) is 8.04. The molecule has 2 N–H and O–H groups in total. The van der Waals surface area contributed by atoms with Crippen LogP contribution in [-0.4, -0.2) is 42.9 Å². The van der Waals surface area contributed by atoms with Gasteiger partial charge in [0, 0.05) is 19.0 Å². The van der Waals surface area contributed by atoms with Crippen LogP contribution < -0.4 is 10.6 Å². The average molecular weight is 319 g/mol. The van der Waals surface area contributed by atoms with E-state index in [9.17, 15) is 14.0 Å². The largest absolute Gasteiger partial charge is 0.356 e. The molecule has 6 heteroatoms. The molecule has 1 aliphatic heterocycles. The Kier molecular flexibility index (Phi) is 4.61. The molecule has 2 fully saturated rings. The summed E-state index contributed by atoms with van der Waals surface area (Å²) >= 11 is 0. The van der Waals surface area contributed by atoms with Gasteiger partial charge in [-0.1, -0.05) is 12.1 Å². The second-order valence-corrected chi connectivity index (χ2v) is 6.60. The molecule has 1 saturated heterocycles. The second-order valence-electron chi connectivity index (χ2n) is 6.60. The highest BCUT2D eigenvalue weighted by atomic mass is 19.1. The summed E-state index contributed by atoms with van der Waals surface area (Å²) in [7, 11) is 1.91. The summed E-state index contributed by atoms with van der Waals surface area (Å²) < 4.78 is 13.6. The Labute approximate surface area is 135 Å². The van der Waals surface area contributed by atoms with Crippen molar-refractivity contribution in [2.45, 2.75) is 25.3 Å². The number of nitrogens with zero attached hydrogens (tertiary/aromatic N) is 1. The van der Waals surface area contributed by atoms with Crippen LogP contribution in [0.25, 0.3) is 0 Å². The van der Waals surface area contributed by atoms with Gasteiger partial charge in [-0.3, -0.25) is 14.5 Å². The highest BCUT2D eigenvalue weighted by Crippen LogP contribution is 2.38. The number of hydrogen-bond donors (Lipinski definition) is 2. The molecule has 23 heavy (non-hydrogen) atoms. The third-order valence-electron chi connectivity index (χ3n) is 4.99. The fourth-order valence-electron chi connectivity index (χ4n) is 3.70. The van der Waals surface area contributed by atoms with E-state index in [-0.39, 0.29) is 24.0 Å². The number of piperidine rings is 1. The van der Waals surface area contributed by atoms with Crippen LogP contribution in [0, 0.1) is 17.7 Å².